The number of thiophene rings is 1. The molecule has 3 aliphatic rings. The highest BCUT2D eigenvalue weighted by Gasteiger charge is 2.50. The summed E-state index contributed by atoms with van der Waals surface area (Å²) in [5.74, 6) is 0.471. The number of rotatable bonds is 4. The summed E-state index contributed by atoms with van der Waals surface area (Å²) >= 11 is 1.67. The van der Waals surface area contributed by atoms with Gasteiger partial charge in [0.25, 0.3) is 0 Å². The summed E-state index contributed by atoms with van der Waals surface area (Å²) in [6.45, 7) is -0.216. The van der Waals surface area contributed by atoms with E-state index in [1.54, 1.807) is 16.2 Å². The van der Waals surface area contributed by atoms with Crippen molar-refractivity contribution < 1.29 is 20.1 Å². The summed E-state index contributed by atoms with van der Waals surface area (Å²) in [6, 6.07) is 10.2. The molecular weight excluding hydrogens is 394 g/mol. The van der Waals surface area contributed by atoms with Crippen molar-refractivity contribution in [1.29, 1.82) is 0 Å². The van der Waals surface area contributed by atoms with Gasteiger partial charge in [-0.25, -0.2) is 9.98 Å². The summed E-state index contributed by atoms with van der Waals surface area (Å²) in [5, 5.41) is 30.9. The smallest absolute Gasteiger partial charge is 0.162 e. The second-order valence-corrected chi connectivity index (χ2v) is 8.56. The quantitative estimate of drug-likeness (QED) is 0.541. The lowest BCUT2D eigenvalue weighted by molar-refractivity contribution is -0.0688. The Hall–Kier alpha value is -2.21. The number of amidine groups is 1. The fourth-order valence-electron chi connectivity index (χ4n) is 3.99. The van der Waals surface area contributed by atoms with Gasteiger partial charge in [0.2, 0.25) is 0 Å². The van der Waals surface area contributed by atoms with E-state index in [-0.39, 0.29) is 6.67 Å². The minimum Gasteiger partial charge on any atom is -0.394 e. The van der Waals surface area contributed by atoms with Crippen LogP contribution in [0.4, 0.5) is 0 Å². The molecule has 1 saturated heterocycles. The molecule has 1 aromatic carbocycles. The highest BCUT2D eigenvalue weighted by Crippen LogP contribution is 2.32. The molecule has 4 heterocycles. The number of ether oxygens (including phenoxy) is 1. The van der Waals surface area contributed by atoms with Crippen LogP contribution in [0.25, 0.3) is 10.1 Å². The van der Waals surface area contributed by atoms with Crippen LogP contribution < -0.4 is 5.73 Å². The highest BCUT2D eigenvalue weighted by atomic mass is 32.1. The van der Waals surface area contributed by atoms with Crippen LogP contribution in [0.3, 0.4) is 0 Å². The van der Waals surface area contributed by atoms with Gasteiger partial charge in [-0.05, 0) is 17.5 Å². The summed E-state index contributed by atoms with van der Waals surface area (Å²) in [7, 11) is 0. The monoisotopic (exact) mass is 415 g/mol. The molecule has 5 N–H and O–H groups in total. The average Bonchev–Trinajstić information content (AvgIpc) is 3.38. The Morgan fingerprint density at radius 1 is 1.28 bits per heavy atom. The normalized spacial score (nSPS) is 33.9. The molecule has 2 aromatic rings. The average molecular weight is 415 g/mol. The molecule has 0 amide bonds. The van der Waals surface area contributed by atoms with E-state index in [2.05, 4.69) is 33.2 Å². The number of hydrogen-bond donors (Lipinski definition) is 4. The molecule has 3 aliphatic heterocycles. The molecule has 0 spiro atoms. The molecular formula is C19H21N5O4S. The molecule has 5 atom stereocenters. The number of benzene rings is 1. The van der Waals surface area contributed by atoms with E-state index in [0.29, 0.717) is 18.0 Å². The summed E-state index contributed by atoms with van der Waals surface area (Å²) < 4.78 is 6.81. The van der Waals surface area contributed by atoms with Gasteiger partial charge in [0, 0.05) is 16.0 Å². The van der Waals surface area contributed by atoms with Crippen LogP contribution in [0.2, 0.25) is 0 Å². The van der Waals surface area contributed by atoms with E-state index in [1.165, 1.54) is 11.0 Å². The zero-order valence-electron chi connectivity index (χ0n) is 15.4. The lowest BCUT2D eigenvalue weighted by Gasteiger charge is -2.32. The molecule has 9 nitrogen and oxygen atoms in total. The number of nitrogens with two attached hydrogens (primary N) is 1. The zero-order valence-corrected chi connectivity index (χ0v) is 16.2. The summed E-state index contributed by atoms with van der Waals surface area (Å²) in [6.07, 6.45) is -2.25. The molecule has 0 radical (unpaired) electrons. The molecule has 29 heavy (non-hydrogen) atoms. The Morgan fingerprint density at radius 3 is 2.86 bits per heavy atom. The minimum absolute atomic E-state index is 0.176. The number of nitrogens with zero attached hydrogens (tertiary/aromatic N) is 4. The van der Waals surface area contributed by atoms with Crippen molar-refractivity contribution in [3.05, 3.63) is 35.2 Å². The molecule has 10 heteroatoms. The van der Waals surface area contributed by atoms with E-state index in [0.717, 1.165) is 10.3 Å². The van der Waals surface area contributed by atoms with Gasteiger partial charge in [0.05, 0.1) is 6.61 Å². The predicted octanol–water partition coefficient (Wildman–Crippen LogP) is -0.308. The highest BCUT2D eigenvalue weighted by molar-refractivity contribution is 7.19. The minimum atomic E-state index is -1.20. The first kappa shape index (κ1) is 18.8. The van der Waals surface area contributed by atoms with Gasteiger partial charge in [-0.1, -0.05) is 18.2 Å². The Morgan fingerprint density at radius 2 is 2.10 bits per heavy atom. The van der Waals surface area contributed by atoms with Crippen molar-refractivity contribution in [2.45, 2.75) is 36.6 Å². The first-order valence-corrected chi connectivity index (χ1v) is 10.1. The molecule has 152 valence electrons. The van der Waals surface area contributed by atoms with Crippen molar-refractivity contribution in [2.24, 2.45) is 20.7 Å². The van der Waals surface area contributed by atoms with Crippen LogP contribution in [-0.2, 0) is 11.2 Å². The van der Waals surface area contributed by atoms with Gasteiger partial charge in [0.15, 0.2) is 17.7 Å². The van der Waals surface area contributed by atoms with E-state index < -0.39 is 36.8 Å². The zero-order chi connectivity index (χ0) is 20.2. The van der Waals surface area contributed by atoms with Gasteiger partial charge in [-0.3, -0.25) is 4.99 Å². The molecule has 1 aromatic heterocycles. The van der Waals surface area contributed by atoms with Crippen molar-refractivity contribution in [2.75, 3.05) is 13.3 Å². The first-order chi connectivity index (χ1) is 14.0. The number of fused-ring (bicyclic) bond motifs is 2. The number of aliphatic imine (C=N–C) groups is 3. The Kier molecular flexibility index (Phi) is 4.50. The van der Waals surface area contributed by atoms with Gasteiger partial charge >= 0.3 is 0 Å². The lowest BCUT2D eigenvalue weighted by atomic mass is 9.98. The second-order valence-electron chi connectivity index (χ2n) is 7.40. The fourth-order valence-corrected chi connectivity index (χ4v) is 5.14. The van der Waals surface area contributed by atoms with Crippen molar-refractivity contribution in [3.8, 4) is 0 Å². The maximum Gasteiger partial charge on any atom is 0.162 e. The van der Waals surface area contributed by atoms with Crippen LogP contribution >= 0.6 is 11.3 Å². The predicted molar refractivity (Wildman–Crippen MR) is 110 cm³/mol. The molecule has 0 saturated carbocycles. The van der Waals surface area contributed by atoms with E-state index in [1.807, 2.05) is 12.1 Å². The van der Waals surface area contributed by atoms with E-state index in [9.17, 15) is 15.3 Å². The van der Waals surface area contributed by atoms with Crippen molar-refractivity contribution >= 4 is 39.3 Å². The van der Waals surface area contributed by atoms with Crippen LogP contribution in [0.1, 0.15) is 4.88 Å². The topological polar surface area (TPSA) is 136 Å². The second kappa shape index (κ2) is 6.94. The Labute approximate surface area is 170 Å². The van der Waals surface area contributed by atoms with Crippen molar-refractivity contribution in [1.82, 2.24) is 4.90 Å². The van der Waals surface area contributed by atoms with Gasteiger partial charge in [-0.15, -0.1) is 11.3 Å². The Balaban J connectivity index is 1.40. The number of aliphatic hydroxyl groups excluding tert-OH is 3. The molecule has 1 fully saturated rings. The maximum atomic E-state index is 10.4. The third kappa shape index (κ3) is 3.00. The van der Waals surface area contributed by atoms with Gasteiger partial charge in [0.1, 0.15) is 37.0 Å². The number of aliphatic hydroxyl groups is 3. The van der Waals surface area contributed by atoms with Crippen LogP contribution in [0.15, 0.2) is 45.3 Å². The number of hydrogen-bond acceptors (Lipinski definition) is 10. The lowest BCUT2D eigenvalue weighted by Crippen LogP contribution is -2.56. The Bertz CT molecular complexity index is 1000. The standard InChI is InChI=1S/C19H21N5O4S/c20-19(6-11-5-10-3-1-2-4-13(10)29-11)16-17(21-8-23-19)24(9-22-16)18-15(27)14(26)12(7-25)28-18/h1-5,8,12,14-15,18,25-27H,6-7,9,20H2/t12-,14-,15-,18-,19?/m1/s1. The van der Waals surface area contributed by atoms with Crippen LogP contribution in [0, 0.1) is 0 Å². The van der Waals surface area contributed by atoms with E-state index in [4.69, 9.17) is 10.5 Å². The summed E-state index contributed by atoms with van der Waals surface area (Å²) in [5.41, 5.74) is 6.10. The third-order valence-corrected chi connectivity index (χ3v) is 6.60. The van der Waals surface area contributed by atoms with E-state index >= 15 is 0 Å². The first-order valence-electron chi connectivity index (χ1n) is 9.32. The van der Waals surface area contributed by atoms with Crippen LogP contribution in [0.5, 0.6) is 0 Å². The fraction of sp³-hybridized carbons (Fsp3) is 0.421. The van der Waals surface area contributed by atoms with Crippen molar-refractivity contribution in [3.63, 3.8) is 0 Å². The molecule has 1 unspecified atom stereocenters. The molecule has 0 aliphatic carbocycles. The van der Waals surface area contributed by atoms with Gasteiger partial charge < -0.3 is 30.7 Å². The maximum absolute atomic E-state index is 10.4. The molecule has 0 bridgehead atoms. The van der Waals surface area contributed by atoms with Crippen LogP contribution in [-0.4, -0.2) is 81.6 Å². The third-order valence-electron chi connectivity index (χ3n) is 5.49. The van der Waals surface area contributed by atoms with Gasteiger partial charge in [-0.2, -0.15) is 0 Å². The summed E-state index contributed by atoms with van der Waals surface area (Å²) in [4.78, 5) is 16.0. The molecule has 5 rings (SSSR count). The largest absolute Gasteiger partial charge is 0.394 e. The SMILES string of the molecule is NC1(Cc2cc3ccccc3s2)N=CN=C2C1=NCN2[C@@H]1O[C@H](CO)[C@@H](O)[C@H]1O.